The van der Waals surface area contributed by atoms with Gasteiger partial charge in [0.25, 0.3) is 0 Å². The van der Waals surface area contributed by atoms with E-state index in [9.17, 15) is 24.0 Å². The highest BCUT2D eigenvalue weighted by Gasteiger charge is 2.53. The lowest BCUT2D eigenvalue weighted by atomic mass is 9.98. The van der Waals surface area contributed by atoms with Crippen LogP contribution in [0, 0.1) is 5.92 Å². The summed E-state index contributed by atoms with van der Waals surface area (Å²) in [4.78, 5) is 58.4. The summed E-state index contributed by atoms with van der Waals surface area (Å²) in [5.74, 6) is -3.60. The van der Waals surface area contributed by atoms with E-state index >= 15 is 0 Å². The Bertz CT molecular complexity index is 657. The molecule has 0 N–H and O–H groups in total. The van der Waals surface area contributed by atoms with Crippen LogP contribution in [0.5, 0.6) is 0 Å². The van der Waals surface area contributed by atoms with E-state index in [1.54, 1.807) is 13.8 Å². The number of carbonyl (C=O) groups is 5. The van der Waals surface area contributed by atoms with Gasteiger partial charge < -0.3 is 28.4 Å². The molecule has 5 atom stereocenters. The Hall–Kier alpha value is -2.69. The molecule has 1 rings (SSSR count). The molecule has 0 saturated carbocycles. The van der Waals surface area contributed by atoms with Gasteiger partial charge in [0.15, 0.2) is 12.2 Å². The van der Waals surface area contributed by atoms with Crippen LogP contribution in [-0.4, -0.2) is 67.2 Å². The fraction of sp³-hybridized carbons (Fsp3) is 0.737. The van der Waals surface area contributed by atoms with Crippen LogP contribution < -0.4 is 0 Å². The zero-order valence-corrected chi connectivity index (χ0v) is 17.9. The van der Waals surface area contributed by atoms with E-state index in [2.05, 4.69) is 0 Å². The maximum atomic E-state index is 12.2. The summed E-state index contributed by atoms with van der Waals surface area (Å²) in [6.07, 6.45) is -6.69. The Morgan fingerprint density at radius 2 is 1.23 bits per heavy atom. The van der Waals surface area contributed by atoms with E-state index in [0.29, 0.717) is 0 Å². The molecule has 0 aromatic heterocycles. The van der Waals surface area contributed by atoms with Crippen molar-refractivity contribution in [3.8, 4) is 0 Å². The van der Waals surface area contributed by atoms with Crippen LogP contribution in [0.4, 0.5) is 0 Å². The van der Waals surface area contributed by atoms with Crippen molar-refractivity contribution in [2.24, 2.45) is 5.92 Å². The molecule has 1 aliphatic heterocycles. The summed E-state index contributed by atoms with van der Waals surface area (Å²) in [6, 6.07) is 0. The molecule has 1 fully saturated rings. The molecule has 0 aromatic rings. The van der Waals surface area contributed by atoms with Gasteiger partial charge in [0.2, 0.25) is 12.4 Å². The molecule has 0 unspecified atom stereocenters. The highest BCUT2D eigenvalue weighted by molar-refractivity contribution is 5.70. The lowest BCUT2D eigenvalue weighted by molar-refractivity contribution is -0.300. The molecule has 0 radical (unpaired) electrons. The summed E-state index contributed by atoms with van der Waals surface area (Å²) in [5.41, 5.74) is 0. The molecule has 170 valence electrons. The first-order valence-electron chi connectivity index (χ1n) is 9.40. The van der Waals surface area contributed by atoms with Gasteiger partial charge in [-0.1, -0.05) is 13.8 Å². The van der Waals surface area contributed by atoms with E-state index in [-0.39, 0.29) is 12.3 Å². The minimum absolute atomic E-state index is 0.0248. The summed E-state index contributed by atoms with van der Waals surface area (Å²) in [7, 11) is 0. The number of hydrogen-bond donors (Lipinski definition) is 0. The molecule has 0 bridgehead atoms. The second-order valence-electron chi connectivity index (χ2n) is 7.16. The van der Waals surface area contributed by atoms with Gasteiger partial charge in [-0.3, -0.25) is 24.0 Å². The van der Waals surface area contributed by atoms with Crippen LogP contribution in [0.15, 0.2) is 0 Å². The Balaban J connectivity index is 3.30. The molecule has 11 nitrogen and oxygen atoms in total. The van der Waals surface area contributed by atoms with Crippen LogP contribution in [-0.2, 0) is 52.4 Å². The van der Waals surface area contributed by atoms with E-state index in [0.717, 1.165) is 27.7 Å². The summed E-state index contributed by atoms with van der Waals surface area (Å²) in [6.45, 7) is 7.69. The number of esters is 5. The zero-order chi connectivity index (χ0) is 23.0. The van der Waals surface area contributed by atoms with Crippen LogP contribution in [0.3, 0.4) is 0 Å². The van der Waals surface area contributed by atoms with Gasteiger partial charge in [0.05, 0.1) is 0 Å². The van der Waals surface area contributed by atoms with E-state index < -0.39 is 67.2 Å². The van der Waals surface area contributed by atoms with Crippen molar-refractivity contribution in [2.75, 3.05) is 6.61 Å². The van der Waals surface area contributed by atoms with Crippen molar-refractivity contribution in [2.45, 2.75) is 78.7 Å². The molecule has 0 amide bonds. The quantitative estimate of drug-likeness (QED) is 0.394. The monoisotopic (exact) mass is 432 g/mol. The van der Waals surface area contributed by atoms with Crippen molar-refractivity contribution < 1.29 is 52.4 Å². The highest BCUT2D eigenvalue weighted by Crippen LogP contribution is 2.30. The predicted molar refractivity (Wildman–Crippen MR) is 97.5 cm³/mol. The fourth-order valence-electron chi connectivity index (χ4n) is 2.79. The van der Waals surface area contributed by atoms with Crippen molar-refractivity contribution in [3.63, 3.8) is 0 Å². The average molecular weight is 432 g/mol. The second kappa shape index (κ2) is 11.5. The van der Waals surface area contributed by atoms with Gasteiger partial charge in [0, 0.05) is 34.1 Å². The van der Waals surface area contributed by atoms with E-state index in [1.165, 1.54) is 0 Å². The van der Waals surface area contributed by atoms with Gasteiger partial charge >= 0.3 is 29.8 Å². The number of hydrogen-bond acceptors (Lipinski definition) is 11. The van der Waals surface area contributed by atoms with E-state index in [1.807, 2.05) is 0 Å². The molecule has 30 heavy (non-hydrogen) atoms. The van der Waals surface area contributed by atoms with Gasteiger partial charge in [0.1, 0.15) is 12.7 Å². The molecular formula is C19H28O11. The highest BCUT2D eigenvalue weighted by atomic mass is 16.7. The third-order valence-electron chi connectivity index (χ3n) is 3.77. The zero-order valence-electron chi connectivity index (χ0n) is 17.9. The normalized spacial score (nSPS) is 25.8. The molecular weight excluding hydrogens is 404 g/mol. The third kappa shape index (κ3) is 8.36. The molecule has 1 aliphatic rings. The van der Waals surface area contributed by atoms with Crippen molar-refractivity contribution >= 4 is 29.8 Å². The lowest BCUT2D eigenvalue weighted by Crippen LogP contribution is -2.63. The van der Waals surface area contributed by atoms with Crippen molar-refractivity contribution in [1.82, 2.24) is 0 Å². The minimum atomic E-state index is -1.49. The first kappa shape index (κ1) is 25.3. The predicted octanol–water partition coefficient (Wildman–Crippen LogP) is 0.659. The summed E-state index contributed by atoms with van der Waals surface area (Å²) >= 11 is 0. The molecule has 1 saturated heterocycles. The Labute approximate surface area is 174 Å². The Morgan fingerprint density at radius 3 is 1.70 bits per heavy atom. The second-order valence-corrected chi connectivity index (χ2v) is 7.16. The van der Waals surface area contributed by atoms with Crippen LogP contribution >= 0.6 is 0 Å². The van der Waals surface area contributed by atoms with E-state index in [4.69, 9.17) is 28.4 Å². The first-order valence-corrected chi connectivity index (χ1v) is 9.40. The van der Waals surface area contributed by atoms with Crippen LogP contribution in [0.1, 0.15) is 48.0 Å². The average Bonchev–Trinajstić information content (AvgIpc) is 2.56. The van der Waals surface area contributed by atoms with Gasteiger partial charge in [-0.15, -0.1) is 0 Å². The summed E-state index contributed by atoms with van der Waals surface area (Å²) in [5, 5.41) is 0. The topological polar surface area (TPSA) is 141 Å². The maximum absolute atomic E-state index is 12.2. The fourth-order valence-corrected chi connectivity index (χ4v) is 2.79. The van der Waals surface area contributed by atoms with Crippen LogP contribution in [0.2, 0.25) is 0 Å². The third-order valence-corrected chi connectivity index (χ3v) is 3.77. The summed E-state index contributed by atoms with van der Waals surface area (Å²) < 4.78 is 31.6. The van der Waals surface area contributed by atoms with Gasteiger partial charge in [-0.05, 0) is 5.92 Å². The number of carbonyl (C=O) groups excluding carboxylic acids is 5. The lowest BCUT2D eigenvalue weighted by Gasteiger charge is -2.43. The molecule has 11 heteroatoms. The van der Waals surface area contributed by atoms with Gasteiger partial charge in [-0.25, -0.2) is 0 Å². The molecule has 0 aliphatic carbocycles. The minimum Gasteiger partial charge on any atom is -0.463 e. The Kier molecular flexibility index (Phi) is 9.70. The SMILES string of the molecule is CC(=O)OC[C@H]1O[C@@H](OC(=O)CC(C)C)[C@H](OC(C)=O)[C@@H](OC(C)=O)[C@@H]1OC(C)=O. The molecule has 0 aromatic carbocycles. The molecule has 0 spiro atoms. The smallest absolute Gasteiger partial charge is 0.308 e. The number of ether oxygens (including phenoxy) is 6. The Morgan fingerprint density at radius 1 is 0.733 bits per heavy atom. The van der Waals surface area contributed by atoms with Crippen LogP contribution in [0.25, 0.3) is 0 Å². The maximum Gasteiger partial charge on any atom is 0.308 e. The van der Waals surface area contributed by atoms with Gasteiger partial charge in [-0.2, -0.15) is 0 Å². The standard InChI is InChI=1S/C19H28O11/c1-9(2)7-15(24)30-19-18(28-13(6)23)17(27-12(5)22)16(26-11(4)21)14(29-19)8-25-10(3)20/h9,14,16-19H,7-8H2,1-6H3/t14-,16-,17+,18-,19+/m1/s1. The largest absolute Gasteiger partial charge is 0.463 e. The molecule has 1 heterocycles. The number of rotatable bonds is 8. The first-order chi connectivity index (χ1) is 13.9. The van der Waals surface area contributed by atoms with Crippen molar-refractivity contribution in [3.05, 3.63) is 0 Å². The van der Waals surface area contributed by atoms with Crippen molar-refractivity contribution in [1.29, 1.82) is 0 Å².